The Labute approximate surface area is 103 Å². The molecule has 0 spiro atoms. The van der Waals surface area contributed by atoms with Crippen LogP contribution in [0.5, 0.6) is 0 Å². The van der Waals surface area contributed by atoms with Crippen molar-refractivity contribution in [1.82, 2.24) is 9.62 Å². The van der Waals surface area contributed by atoms with Gasteiger partial charge in [0.25, 0.3) is 0 Å². The number of sulfonamides is 1. The lowest BCUT2D eigenvalue weighted by atomic mass is 10.2. The van der Waals surface area contributed by atoms with E-state index >= 15 is 0 Å². The molecule has 2 rings (SSSR count). The van der Waals surface area contributed by atoms with Crippen LogP contribution in [0.2, 0.25) is 0 Å². The lowest BCUT2D eigenvalue weighted by molar-refractivity contribution is 0.310. The van der Waals surface area contributed by atoms with Gasteiger partial charge in [-0.25, -0.2) is 8.42 Å². The average molecular weight is 254 g/mol. The van der Waals surface area contributed by atoms with Crippen LogP contribution in [0.1, 0.15) is 12.5 Å². The fourth-order valence-corrected chi connectivity index (χ4v) is 3.68. The monoisotopic (exact) mass is 254 g/mol. The number of rotatable bonds is 2. The van der Waals surface area contributed by atoms with Crippen LogP contribution in [0, 0.1) is 6.92 Å². The van der Waals surface area contributed by atoms with E-state index in [0.29, 0.717) is 24.5 Å². The molecule has 5 heteroatoms. The minimum atomic E-state index is -3.32. The number of aryl methyl sites for hydroxylation is 1. The molecule has 0 bridgehead atoms. The van der Waals surface area contributed by atoms with Crippen molar-refractivity contribution in [2.24, 2.45) is 0 Å². The van der Waals surface area contributed by atoms with Crippen molar-refractivity contribution in [2.75, 3.05) is 19.6 Å². The fraction of sp³-hybridized carbons (Fsp3) is 0.500. The Morgan fingerprint density at radius 2 is 2.18 bits per heavy atom. The highest BCUT2D eigenvalue weighted by Gasteiger charge is 2.28. The molecule has 1 aliphatic heterocycles. The largest absolute Gasteiger partial charge is 0.312 e. The van der Waals surface area contributed by atoms with Crippen LogP contribution in [0.4, 0.5) is 0 Å². The number of hydrogen-bond donors (Lipinski definition) is 1. The van der Waals surface area contributed by atoms with E-state index in [2.05, 4.69) is 5.32 Å². The molecule has 17 heavy (non-hydrogen) atoms. The minimum absolute atomic E-state index is 0.211. The second kappa shape index (κ2) is 4.76. The van der Waals surface area contributed by atoms with Crippen molar-refractivity contribution < 1.29 is 8.42 Å². The number of nitrogens with one attached hydrogen (secondary N) is 1. The Kier molecular flexibility index (Phi) is 3.51. The zero-order chi connectivity index (χ0) is 12.5. The maximum Gasteiger partial charge on any atom is 0.243 e. The van der Waals surface area contributed by atoms with E-state index in [1.165, 1.54) is 0 Å². The topological polar surface area (TPSA) is 49.4 Å². The first-order chi connectivity index (χ1) is 8.00. The SMILES string of the molecule is Cc1cccc(S(=O)(=O)N2CCN[C@H](C)C2)c1. The molecular weight excluding hydrogens is 236 g/mol. The van der Waals surface area contributed by atoms with Crippen LogP contribution >= 0.6 is 0 Å². The standard InChI is InChI=1S/C12H18N2O2S/c1-10-4-3-5-12(8-10)17(15,16)14-7-6-13-11(2)9-14/h3-5,8,11,13H,6-7,9H2,1-2H3/t11-/m1/s1. The molecule has 94 valence electrons. The zero-order valence-corrected chi connectivity index (χ0v) is 11.0. The molecule has 1 heterocycles. The quantitative estimate of drug-likeness (QED) is 0.856. The predicted molar refractivity (Wildman–Crippen MR) is 67.4 cm³/mol. The minimum Gasteiger partial charge on any atom is -0.312 e. The Bertz CT molecular complexity index is 499. The van der Waals surface area contributed by atoms with Crippen molar-refractivity contribution >= 4 is 10.0 Å². The average Bonchev–Trinajstić information content (AvgIpc) is 2.29. The lowest BCUT2D eigenvalue weighted by Crippen LogP contribution is -2.51. The summed E-state index contributed by atoms with van der Waals surface area (Å²) in [7, 11) is -3.32. The van der Waals surface area contributed by atoms with Gasteiger partial charge in [-0.3, -0.25) is 0 Å². The van der Waals surface area contributed by atoms with Gasteiger partial charge in [0.2, 0.25) is 10.0 Å². The zero-order valence-electron chi connectivity index (χ0n) is 10.2. The first-order valence-corrected chi connectivity index (χ1v) is 7.24. The van der Waals surface area contributed by atoms with E-state index < -0.39 is 10.0 Å². The van der Waals surface area contributed by atoms with Gasteiger partial charge in [-0.05, 0) is 31.5 Å². The maximum absolute atomic E-state index is 12.4. The van der Waals surface area contributed by atoms with Crippen LogP contribution in [0.25, 0.3) is 0 Å². The van der Waals surface area contributed by atoms with Gasteiger partial charge < -0.3 is 5.32 Å². The molecule has 0 amide bonds. The summed E-state index contributed by atoms with van der Waals surface area (Å²) in [5.74, 6) is 0. The van der Waals surface area contributed by atoms with Crippen LogP contribution in [-0.2, 0) is 10.0 Å². The first kappa shape index (κ1) is 12.5. The number of benzene rings is 1. The molecule has 4 nitrogen and oxygen atoms in total. The summed E-state index contributed by atoms with van der Waals surface area (Å²) >= 11 is 0. The summed E-state index contributed by atoms with van der Waals surface area (Å²) in [4.78, 5) is 0.395. The molecule has 1 saturated heterocycles. The summed E-state index contributed by atoms with van der Waals surface area (Å²) in [6, 6.07) is 7.29. The van der Waals surface area contributed by atoms with Crippen LogP contribution in [-0.4, -0.2) is 38.4 Å². The normalized spacial score (nSPS) is 22.6. The highest BCUT2D eigenvalue weighted by molar-refractivity contribution is 7.89. The molecule has 0 saturated carbocycles. The molecule has 1 atom stereocenters. The van der Waals surface area contributed by atoms with E-state index in [1.807, 2.05) is 19.9 Å². The van der Waals surface area contributed by atoms with Gasteiger partial charge in [-0.1, -0.05) is 12.1 Å². The lowest BCUT2D eigenvalue weighted by Gasteiger charge is -2.31. The molecule has 0 unspecified atom stereocenters. The molecule has 1 aromatic carbocycles. The van der Waals surface area contributed by atoms with E-state index in [9.17, 15) is 8.42 Å². The highest BCUT2D eigenvalue weighted by Crippen LogP contribution is 2.18. The van der Waals surface area contributed by atoms with Gasteiger partial charge in [-0.15, -0.1) is 0 Å². The van der Waals surface area contributed by atoms with Crippen molar-refractivity contribution in [1.29, 1.82) is 0 Å². The predicted octanol–water partition coefficient (Wildman–Crippen LogP) is 0.977. The summed E-state index contributed by atoms with van der Waals surface area (Å²) in [5, 5.41) is 3.24. The molecule has 1 N–H and O–H groups in total. The smallest absolute Gasteiger partial charge is 0.243 e. The van der Waals surface area contributed by atoms with Crippen LogP contribution in [0.3, 0.4) is 0 Å². The Morgan fingerprint density at radius 1 is 1.41 bits per heavy atom. The molecule has 1 aliphatic rings. The molecule has 0 aliphatic carbocycles. The van der Waals surface area contributed by atoms with Gasteiger partial charge >= 0.3 is 0 Å². The second-order valence-electron chi connectivity index (χ2n) is 4.53. The summed E-state index contributed by atoms with van der Waals surface area (Å²) in [6.45, 7) is 5.69. The second-order valence-corrected chi connectivity index (χ2v) is 6.47. The van der Waals surface area contributed by atoms with E-state index in [0.717, 1.165) is 5.56 Å². The fourth-order valence-electron chi connectivity index (χ4n) is 2.04. The van der Waals surface area contributed by atoms with Crippen molar-refractivity contribution in [3.05, 3.63) is 29.8 Å². The highest BCUT2D eigenvalue weighted by atomic mass is 32.2. The summed E-state index contributed by atoms with van der Waals surface area (Å²) < 4.78 is 26.3. The summed E-state index contributed by atoms with van der Waals surface area (Å²) in [5.41, 5.74) is 0.967. The number of nitrogens with zero attached hydrogens (tertiary/aromatic N) is 1. The molecular formula is C12H18N2O2S. The Balaban J connectivity index is 2.29. The van der Waals surface area contributed by atoms with Crippen molar-refractivity contribution in [3.63, 3.8) is 0 Å². The third-order valence-electron chi connectivity index (χ3n) is 2.96. The Morgan fingerprint density at radius 3 is 2.82 bits per heavy atom. The summed E-state index contributed by atoms with van der Waals surface area (Å²) in [6.07, 6.45) is 0. The molecule has 0 aromatic heterocycles. The van der Waals surface area contributed by atoms with Gasteiger partial charge in [0, 0.05) is 25.7 Å². The van der Waals surface area contributed by atoms with Crippen molar-refractivity contribution in [3.8, 4) is 0 Å². The van der Waals surface area contributed by atoms with Gasteiger partial charge in [0.15, 0.2) is 0 Å². The number of hydrogen-bond acceptors (Lipinski definition) is 3. The van der Waals surface area contributed by atoms with Gasteiger partial charge in [-0.2, -0.15) is 4.31 Å². The number of piperazine rings is 1. The molecule has 0 radical (unpaired) electrons. The van der Waals surface area contributed by atoms with Crippen LogP contribution < -0.4 is 5.32 Å². The third-order valence-corrected chi connectivity index (χ3v) is 4.82. The Hall–Kier alpha value is -0.910. The molecule has 1 fully saturated rings. The van der Waals surface area contributed by atoms with Crippen LogP contribution in [0.15, 0.2) is 29.2 Å². The van der Waals surface area contributed by atoms with Gasteiger partial charge in [0.1, 0.15) is 0 Å². The molecule has 1 aromatic rings. The first-order valence-electron chi connectivity index (χ1n) is 5.80. The van der Waals surface area contributed by atoms with E-state index in [-0.39, 0.29) is 6.04 Å². The third kappa shape index (κ3) is 2.68. The van der Waals surface area contributed by atoms with Crippen molar-refractivity contribution in [2.45, 2.75) is 24.8 Å². The van der Waals surface area contributed by atoms with Gasteiger partial charge in [0.05, 0.1) is 4.90 Å². The maximum atomic E-state index is 12.4. The van der Waals surface area contributed by atoms with E-state index in [4.69, 9.17) is 0 Å². The van der Waals surface area contributed by atoms with E-state index in [1.54, 1.807) is 22.5 Å².